The van der Waals surface area contributed by atoms with Gasteiger partial charge in [0.1, 0.15) is 5.82 Å². The molecule has 1 aromatic carbocycles. The molecule has 0 saturated heterocycles. The van der Waals surface area contributed by atoms with Crippen LogP contribution in [0.2, 0.25) is 0 Å². The molecule has 1 fully saturated rings. The van der Waals surface area contributed by atoms with E-state index in [1.165, 1.54) is 31.4 Å². The second-order valence-electron chi connectivity index (χ2n) is 4.18. The SMILES string of the molecule is N#Cc1ccc(F)cc1C1CCCCC1. The minimum absolute atomic E-state index is 0.227. The first kappa shape index (κ1) is 10.2. The maximum absolute atomic E-state index is 13.1. The van der Waals surface area contributed by atoms with Gasteiger partial charge in [0.2, 0.25) is 0 Å². The first-order valence-corrected chi connectivity index (χ1v) is 5.51. The lowest BCUT2D eigenvalue weighted by molar-refractivity contribution is 0.441. The first-order chi connectivity index (χ1) is 7.31. The molecular formula is C13H14FN. The summed E-state index contributed by atoms with van der Waals surface area (Å²) >= 11 is 0. The molecule has 0 atom stereocenters. The molecule has 2 rings (SSSR count). The molecule has 0 heterocycles. The summed E-state index contributed by atoms with van der Waals surface area (Å²) in [5.74, 6) is 0.165. The molecule has 2 heteroatoms. The van der Waals surface area contributed by atoms with E-state index in [0.717, 1.165) is 18.4 Å². The molecule has 0 bridgehead atoms. The van der Waals surface area contributed by atoms with E-state index in [4.69, 9.17) is 5.26 Å². The minimum Gasteiger partial charge on any atom is -0.207 e. The summed E-state index contributed by atoms with van der Waals surface area (Å²) in [5.41, 5.74) is 1.56. The van der Waals surface area contributed by atoms with Crippen molar-refractivity contribution in [2.45, 2.75) is 38.0 Å². The van der Waals surface area contributed by atoms with Gasteiger partial charge in [0.15, 0.2) is 0 Å². The van der Waals surface area contributed by atoms with E-state index in [-0.39, 0.29) is 5.82 Å². The largest absolute Gasteiger partial charge is 0.207 e. The van der Waals surface area contributed by atoms with Crippen LogP contribution in [0.25, 0.3) is 0 Å². The summed E-state index contributed by atoms with van der Waals surface area (Å²) in [5, 5.41) is 8.97. The number of benzene rings is 1. The van der Waals surface area contributed by atoms with Gasteiger partial charge in [0.25, 0.3) is 0 Å². The molecule has 1 aliphatic carbocycles. The Balaban J connectivity index is 2.32. The Hall–Kier alpha value is -1.36. The van der Waals surface area contributed by atoms with Crippen LogP contribution in [0.1, 0.15) is 49.1 Å². The standard InChI is InChI=1S/C13H14FN/c14-12-7-6-11(9-15)13(8-12)10-4-2-1-3-5-10/h6-8,10H,1-5H2. The zero-order valence-corrected chi connectivity index (χ0v) is 8.67. The van der Waals surface area contributed by atoms with Gasteiger partial charge in [-0.3, -0.25) is 0 Å². The normalized spacial score (nSPS) is 17.3. The second kappa shape index (κ2) is 4.44. The molecule has 1 aliphatic rings. The molecule has 0 amide bonds. The Morgan fingerprint density at radius 2 is 1.93 bits per heavy atom. The first-order valence-electron chi connectivity index (χ1n) is 5.51. The van der Waals surface area contributed by atoms with Crippen LogP contribution in [-0.2, 0) is 0 Å². The lowest BCUT2D eigenvalue weighted by atomic mass is 9.82. The maximum atomic E-state index is 13.1. The van der Waals surface area contributed by atoms with Gasteiger partial charge in [-0.1, -0.05) is 19.3 Å². The van der Waals surface area contributed by atoms with Crippen molar-refractivity contribution < 1.29 is 4.39 Å². The molecular weight excluding hydrogens is 189 g/mol. The summed E-state index contributed by atoms with van der Waals surface area (Å²) in [6.45, 7) is 0. The fourth-order valence-corrected chi connectivity index (χ4v) is 2.39. The predicted octanol–water partition coefficient (Wildman–Crippen LogP) is 3.75. The third-order valence-corrected chi connectivity index (χ3v) is 3.18. The molecule has 1 nitrogen and oxygen atoms in total. The van der Waals surface area contributed by atoms with Crippen LogP contribution in [0, 0.1) is 17.1 Å². The number of nitrogens with zero attached hydrogens (tertiary/aromatic N) is 1. The van der Waals surface area contributed by atoms with Gasteiger partial charge in [0, 0.05) is 0 Å². The van der Waals surface area contributed by atoms with E-state index in [2.05, 4.69) is 6.07 Å². The van der Waals surface area contributed by atoms with Gasteiger partial charge in [-0.15, -0.1) is 0 Å². The molecule has 15 heavy (non-hydrogen) atoms. The van der Waals surface area contributed by atoms with E-state index in [1.54, 1.807) is 6.07 Å². The number of nitriles is 1. The Labute approximate surface area is 89.5 Å². The quantitative estimate of drug-likeness (QED) is 0.682. The lowest BCUT2D eigenvalue weighted by Crippen LogP contribution is -2.06. The average molecular weight is 203 g/mol. The van der Waals surface area contributed by atoms with Crippen LogP contribution in [-0.4, -0.2) is 0 Å². The summed E-state index contributed by atoms with van der Waals surface area (Å²) in [7, 11) is 0. The van der Waals surface area contributed by atoms with Crippen molar-refractivity contribution >= 4 is 0 Å². The molecule has 0 N–H and O–H groups in total. The van der Waals surface area contributed by atoms with Gasteiger partial charge in [-0.2, -0.15) is 5.26 Å². The molecule has 0 unspecified atom stereocenters. The molecule has 1 aromatic rings. The van der Waals surface area contributed by atoms with E-state index >= 15 is 0 Å². The maximum Gasteiger partial charge on any atom is 0.123 e. The lowest BCUT2D eigenvalue weighted by Gasteiger charge is -2.22. The zero-order valence-electron chi connectivity index (χ0n) is 8.67. The van der Waals surface area contributed by atoms with Gasteiger partial charge in [-0.05, 0) is 42.5 Å². The van der Waals surface area contributed by atoms with Crippen molar-refractivity contribution in [3.63, 3.8) is 0 Å². The third kappa shape index (κ3) is 2.18. The Morgan fingerprint density at radius 3 is 2.60 bits per heavy atom. The monoisotopic (exact) mass is 203 g/mol. The highest BCUT2D eigenvalue weighted by atomic mass is 19.1. The molecule has 0 aromatic heterocycles. The van der Waals surface area contributed by atoms with E-state index in [1.807, 2.05) is 0 Å². The predicted molar refractivity (Wildman–Crippen MR) is 56.9 cm³/mol. The number of hydrogen-bond acceptors (Lipinski definition) is 1. The van der Waals surface area contributed by atoms with Crippen LogP contribution < -0.4 is 0 Å². The van der Waals surface area contributed by atoms with Crippen molar-refractivity contribution in [3.05, 3.63) is 35.1 Å². The number of halogens is 1. The highest BCUT2D eigenvalue weighted by molar-refractivity contribution is 5.40. The van der Waals surface area contributed by atoms with Crippen molar-refractivity contribution in [3.8, 4) is 6.07 Å². The fourth-order valence-electron chi connectivity index (χ4n) is 2.39. The van der Waals surface area contributed by atoms with Crippen LogP contribution in [0.4, 0.5) is 4.39 Å². The second-order valence-corrected chi connectivity index (χ2v) is 4.18. The topological polar surface area (TPSA) is 23.8 Å². The summed E-state index contributed by atoms with van der Waals surface area (Å²) in [6, 6.07) is 6.65. The Bertz CT molecular complexity index is 386. The van der Waals surface area contributed by atoms with Crippen LogP contribution in [0.5, 0.6) is 0 Å². The third-order valence-electron chi connectivity index (χ3n) is 3.18. The van der Waals surface area contributed by atoms with Crippen LogP contribution in [0.3, 0.4) is 0 Å². The summed E-state index contributed by atoms with van der Waals surface area (Å²) in [6.07, 6.45) is 5.86. The van der Waals surface area contributed by atoms with Crippen molar-refractivity contribution in [1.82, 2.24) is 0 Å². The molecule has 0 radical (unpaired) electrons. The molecule has 78 valence electrons. The fraction of sp³-hybridized carbons (Fsp3) is 0.462. The number of hydrogen-bond donors (Lipinski definition) is 0. The van der Waals surface area contributed by atoms with Crippen molar-refractivity contribution in [2.24, 2.45) is 0 Å². The highest BCUT2D eigenvalue weighted by Gasteiger charge is 2.18. The minimum atomic E-state index is -0.227. The smallest absolute Gasteiger partial charge is 0.123 e. The Morgan fingerprint density at radius 1 is 1.20 bits per heavy atom. The van der Waals surface area contributed by atoms with Crippen molar-refractivity contribution in [2.75, 3.05) is 0 Å². The van der Waals surface area contributed by atoms with Gasteiger partial charge < -0.3 is 0 Å². The average Bonchev–Trinajstić information content (AvgIpc) is 2.30. The van der Waals surface area contributed by atoms with E-state index < -0.39 is 0 Å². The van der Waals surface area contributed by atoms with Crippen LogP contribution in [0.15, 0.2) is 18.2 Å². The van der Waals surface area contributed by atoms with E-state index in [9.17, 15) is 4.39 Å². The molecule has 0 spiro atoms. The molecule has 1 saturated carbocycles. The van der Waals surface area contributed by atoms with Gasteiger partial charge in [0.05, 0.1) is 11.6 Å². The Kier molecular flexibility index (Phi) is 3.01. The molecule has 0 aliphatic heterocycles. The van der Waals surface area contributed by atoms with Gasteiger partial charge >= 0.3 is 0 Å². The van der Waals surface area contributed by atoms with Gasteiger partial charge in [-0.25, -0.2) is 4.39 Å². The highest BCUT2D eigenvalue weighted by Crippen LogP contribution is 2.34. The summed E-state index contributed by atoms with van der Waals surface area (Å²) in [4.78, 5) is 0. The summed E-state index contributed by atoms with van der Waals surface area (Å²) < 4.78 is 13.1. The van der Waals surface area contributed by atoms with E-state index in [0.29, 0.717) is 11.5 Å². The van der Waals surface area contributed by atoms with Crippen molar-refractivity contribution in [1.29, 1.82) is 5.26 Å². The van der Waals surface area contributed by atoms with Crippen LogP contribution >= 0.6 is 0 Å². The zero-order chi connectivity index (χ0) is 10.7. The number of rotatable bonds is 1.